The van der Waals surface area contributed by atoms with E-state index in [9.17, 15) is 8.42 Å². The Morgan fingerprint density at radius 2 is 1.81 bits per heavy atom. The fourth-order valence-corrected chi connectivity index (χ4v) is 5.48. The Hall–Kier alpha value is -1.07. The highest BCUT2D eigenvalue weighted by Gasteiger charge is 2.39. The number of fused-ring (bicyclic) bond motifs is 1. The molecular formula is C16H24N2O2S. The number of hydrogen-bond acceptors (Lipinski definition) is 2. The Labute approximate surface area is 127 Å². The zero-order chi connectivity index (χ0) is 15.0. The van der Waals surface area contributed by atoms with E-state index in [0.717, 1.165) is 43.4 Å². The van der Waals surface area contributed by atoms with E-state index >= 15 is 0 Å². The monoisotopic (exact) mass is 308 g/mol. The average molecular weight is 308 g/mol. The summed E-state index contributed by atoms with van der Waals surface area (Å²) in [4.78, 5) is 0. The second-order valence-corrected chi connectivity index (χ2v) is 8.16. The van der Waals surface area contributed by atoms with Crippen molar-refractivity contribution in [1.29, 1.82) is 0 Å². The summed E-state index contributed by atoms with van der Waals surface area (Å²) in [6, 6.07) is 8.00. The van der Waals surface area contributed by atoms with E-state index in [1.54, 1.807) is 15.7 Å². The maximum Gasteiger partial charge on any atom is 0.304 e. The highest BCUT2D eigenvalue weighted by Crippen LogP contribution is 2.36. The van der Waals surface area contributed by atoms with E-state index in [2.05, 4.69) is 0 Å². The van der Waals surface area contributed by atoms with Crippen LogP contribution in [0.25, 0.3) is 0 Å². The van der Waals surface area contributed by atoms with Crippen molar-refractivity contribution >= 4 is 15.9 Å². The number of rotatable bonds is 3. The van der Waals surface area contributed by atoms with Crippen LogP contribution in [0, 0.1) is 0 Å². The molecule has 4 nitrogen and oxygen atoms in total. The van der Waals surface area contributed by atoms with Crippen molar-refractivity contribution in [2.24, 2.45) is 0 Å². The molecule has 0 amide bonds. The van der Waals surface area contributed by atoms with Gasteiger partial charge in [-0.2, -0.15) is 12.7 Å². The second-order valence-electron chi connectivity index (χ2n) is 6.29. The number of para-hydroxylation sites is 1. The summed E-state index contributed by atoms with van der Waals surface area (Å²) in [5, 5.41) is 0. The lowest BCUT2D eigenvalue weighted by molar-refractivity contribution is 0.284. The van der Waals surface area contributed by atoms with Crippen molar-refractivity contribution in [3.8, 4) is 0 Å². The van der Waals surface area contributed by atoms with Gasteiger partial charge in [0.2, 0.25) is 0 Å². The molecule has 2 aliphatic rings. The fourth-order valence-electron chi connectivity index (χ4n) is 3.66. The van der Waals surface area contributed by atoms with Crippen LogP contribution >= 0.6 is 0 Å². The van der Waals surface area contributed by atoms with Crippen LogP contribution in [0.5, 0.6) is 0 Å². The summed E-state index contributed by atoms with van der Waals surface area (Å²) in [6.45, 7) is 1.99. The van der Waals surface area contributed by atoms with Gasteiger partial charge >= 0.3 is 10.2 Å². The third kappa shape index (κ3) is 2.57. The van der Waals surface area contributed by atoms with Crippen LogP contribution in [-0.4, -0.2) is 31.9 Å². The van der Waals surface area contributed by atoms with Crippen molar-refractivity contribution in [1.82, 2.24) is 4.31 Å². The minimum absolute atomic E-state index is 0.00144. The van der Waals surface area contributed by atoms with Crippen molar-refractivity contribution in [3.05, 3.63) is 29.8 Å². The van der Waals surface area contributed by atoms with Gasteiger partial charge in [0.25, 0.3) is 0 Å². The molecule has 1 atom stereocenters. The van der Waals surface area contributed by atoms with Gasteiger partial charge in [-0.3, -0.25) is 4.31 Å². The molecule has 3 rings (SSSR count). The van der Waals surface area contributed by atoms with Crippen LogP contribution < -0.4 is 4.31 Å². The molecule has 0 N–H and O–H groups in total. The van der Waals surface area contributed by atoms with Crippen LogP contribution in [0.2, 0.25) is 0 Å². The van der Waals surface area contributed by atoms with Gasteiger partial charge in [0.05, 0.1) is 5.69 Å². The molecule has 5 heteroatoms. The largest absolute Gasteiger partial charge is 0.304 e. The third-order valence-corrected chi connectivity index (χ3v) is 6.93. The lowest BCUT2D eigenvalue weighted by Gasteiger charge is -2.35. The zero-order valence-corrected chi connectivity index (χ0v) is 13.6. The van der Waals surface area contributed by atoms with Crippen LogP contribution in [0.15, 0.2) is 24.3 Å². The van der Waals surface area contributed by atoms with Gasteiger partial charge in [-0.15, -0.1) is 0 Å². The normalized spacial score (nSPS) is 23.6. The molecule has 1 heterocycles. The number of nitrogens with zero attached hydrogens (tertiary/aromatic N) is 2. The first-order chi connectivity index (χ1) is 10.0. The number of hydrogen-bond donors (Lipinski definition) is 0. The van der Waals surface area contributed by atoms with E-state index in [1.807, 2.05) is 31.2 Å². The van der Waals surface area contributed by atoms with E-state index in [-0.39, 0.29) is 12.1 Å². The molecule has 0 saturated heterocycles. The lowest BCUT2D eigenvalue weighted by Crippen LogP contribution is -2.49. The molecule has 1 aliphatic carbocycles. The average Bonchev–Trinajstić information content (AvgIpc) is 2.83. The first-order valence-corrected chi connectivity index (χ1v) is 9.27. The first-order valence-electron chi connectivity index (χ1n) is 7.87. The summed E-state index contributed by atoms with van der Waals surface area (Å²) in [5.41, 5.74) is 1.98. The minimum atomic E-state index is -3.43. The number of anilines is 1. The van der Waals surface area contributed by atoms with E-state index in [0.29, 0.717) is 0 Å². The summed E-state index contributed by atoms with van der Waals surface area (Å²) < 4.78 is 29.4. The van der Waals surface area contributed by atoms with Crippen LogP contribution in [-0.2, 0) is 16.6 Å². The molecule has 1 fully saturated rings. The Morgan fingerprint density at radius 1 is 1.14 bits per heavy atom. The minimum Gasteiger partial charge on any atom is -0.254 e. The van der Waals surface area contributed by atoms with Gasteiger partial charge in [-0.05, 0) is 37.8 Å². The number of benzene rings is 1. The summed E-state index contributed by atoms with van der Waals surface area (Å²) in [5.74, 6) is 0. The molecule has 116 valence electrons. The maximum absolute atomic E-state index is 13.1. The predicted octanol–water partition coefficient (Wildman–Crippen LogP) is 2.95. The van der Waals surface area contributed by atoms with Gasteiger partial charge in [-0.1, -0.05) is 37.5 Å². The Morgan fingerprint density at radius 3 is 2.52 bits per heavy atom. The molecule has 0 bridgehead atoms. The van der Waals surface area contributed by atoms with Crippen molar-refractivity contribution in [3.63, 3.8) is 0 Å². The molecule has 1 aromatic carbocycles. The van der Waals surface area contributed by atoms with Gasteiger partial charge in [0.15, 0.2) is 0 Å². The van der Waals surface area contributed by atoms with Crippen molar-refractivity contribution < 1.29 is 8.42 Å². The smallest absolute Gasteiger partial charge is 0.254 e. The Balaban J connectivity index is 1.91. The topological polar surface area (TPSA) is 40.6 Å². The quantitative estimate of drug-likeness (QED) is 0.861. The molecular weight excluding hydrogens is 284 g/mol. The van der Waals surface area contributed by atoms with Gasteiger partial charge in [-0.25, -0.2) is 0 Å². The summed E-state index contributed by atoms with van der Waals surface area (Å²) in [6.07, 6.45) is 6.27. The van der Waals surface area contributed by atoms with Gasteiger partial charge in [0, 0.05) is 19.1 Å². The second kappa shape index (κ2) is 5.61. The van der Waals surface area contributed by atoms with Crippen LogP contribution in [0.3, 0.4) is 0 Å². The molecule has 1 saturated carbocycles. The Bertz CT molecular complexity index is 608. The molecule has 0 radical (unpaired) electrons. The van der Waals surface area contributed by atoms with E-state index in [4.69, 9.17) is 0 Å². The van der Waals surface area contributed by atoms with Gasteiger partial charge < -0.3 is 0 Å². The highest BCUT2D eigenvalue weighted by molar-refractivity contribution is 7.90. The SMILES string of the molecule is C[C@@H]1Cc2ccccc2N1S(=O)(=O)N(C)C1CCCCC1. The van der Waals surface area contributed by atoms with E-state index in [1.165, 1.54) is 6.42 Å². The van der Waals surface area contributed by atoms with Crippen LogP contribution in [0.1, 0.15) is 44.6 Å². The standard InChI is InChI=1S/C16H24N2O2S/c1-13-12-14-8-6-7-11-16(14)18(13)21(19,20)17(2)15-9-4-3-5-10-15/h6-8,11,13,15H,3-5,9-10,12H2,1-2H3/t13-/m1/s1. The van der Waals surface area contributed by atoms with Crippen LogP contribution in [0.4, 0.5) is 5.69 Å². The molecule has 0 unspecified atom stereocenters. The molecule has 0 aromatic heterocycles. The molecule has 21 heavy (non-hydrogen) atoms. The zero-order valence-electron chi connectivity index (χ0n) is 12.8. The molecule has 1 aromatic rings. The maximum atomic E-state index is 13.1. The Kier molecular flexibility index (Phi) is 3.97. The highest BCUT2D eigenvalue weighted by atomic mass is 32.2. The van der Waals surface area contributed by atoms with Crippen molar-refractivity contribution in [2.75, 3.05) is 11.4 Å². The summed E-state index contributed by atoms with van der Waals surface area (Å²) in [7, 11) is -1.69. The summed E-state index contributed by atoms with van der Waals surface area (Å²) >= 11 is 0. The molecule has 0 spiro atoms. The van der Waals surface area contributed by atoms with Crippen molar-refractivity contribution in [2.45, 2.75) is 57.5 Å². The molecule has 1 aliphatic heterocycles. The first kappa shape index (κ1) is 14.9. The lowest BCUT2D eigenvalue weighted by atomic mass is 9.96. The predicted molar refractivity (Wildman–Crippen MR) is 85.6 cm³/mol. The third-order valence-electron chi connectivity index (χ3n) is 4.85. The van der Waals surface area contributed by atoms with E-state index < -0.39 is 10.2 Å². The fraction of sp³-hybridized carbons (Fsp3) is 0.625. The van der Waals surface area contributed by atoms with Gasteiger partial charge in [0.1, 0.15) is 0 Å².